The summed E-state index contributed by atoms with van der Waals surface area (Å²) in [5.74, 6) is -0.799. The molecule has 0 aliphatic carbocycles. The second-order valence-electron chi connectivity index (χ2n) is 4.33. The Morgan fingerprint density at radius 3 is 2.14 bits per heavy atom. The Morgan fingerprint density at radius 2 is 1.76 bits per heavy atom. The van der Waals surface area contributed by atoms with E-state index in [-0.39, 0.29) is 22.3 Å². The van der Waals surface area contributed by atoms with Crippen LogP contribution in [0.1, 0.15) is 10.4 Å². The van der Waals surface area contributed by atoms with Crippen molar-refractivity contribution >= 4 is 31.7 Å². The lowest BCUT2D eigenvalue weighted by atomic mass is 10.2. The van der Waals surface area contributed by atoms with E-state index in [1.165, 1.54) is 24.3 Å². The predicted molar refractivity (Wildman–Crippen MR) is 75.3 cm³/mol. The smallest absolute Gasteiger partial charge is 0.329 e. The van der Waals surface area contributed by atoms with Gasteiger partial charge in [0.2, 0.25) is 0 Å². The number of rotatable bonds is 5. The molecule has 0 aliphatic rings. The molecule has 0 bridgehead atoms. The SMILES string of the molecule is CS(=O)(=O)c1ccc(C(=O)N(CCBr)CC(F)(F)F)cc1. The average molecular weight is 388 g/mol. The maximum Gasteiger partial charge on any atom is 0.406 e. The van der Waals surface area contributed by atoms with E-state index in [2.05, 4.69) is 15.9 Å². The van der Waals surface area contributed by atoms with Crippen LogP contribution in [0.3, 0.4) is 0 Å². The molecule has 21 heavy (non-hydrogen) atoms. The molecule has 0 saturated heterocycles. The molecule has 0 aliphatic heterocycles. The number of halogens is 4. The van der Waals surface area contributed by atoms with Crippen molar-refractivity contribution in [2.45, 2.75) is 11.1 Å². The second-order valence-corrected chi connectivity index (χ2v) is 7.14. The lowest BCUT2D eigenvalue weighted by molar-refractivity contribution is -0.140. The maximum absolute atomic E-state index is 12.4. The largest absolute Gasteiger partial charge is 0.406 e. The molecule has 1 aromatic rings. The first-order valence-electron chi connectivity index (χ1n) is 5.77. The third-order valence-corrected chi connectivity index (χ3v) is 4.02. The molecule has 0 saturated carbocycles. The molecule has 1 amide bonds. The summed E-state index contributed by atoms with van der Waals surface area (Å²) in [5, 5.41) is 0.205. The monoisotopic (exact) mass is 387 g/mol. The van der Waals surface area contributed by atoms with Crippen LogP contribution in [0.2, 0.25) is 0 Å². The van der Waals surface area contributed by atoms with Crippen molar-refractivity contribution < 1.29 is 26.4 Å². The molecular formula is C12H13BrF3NO3S. The van der Waals surface area contributed by atoms with Gasteiger partial charge in [-0.05, 0) is 24.3 Å². The number of sulfone groups is 1. The quantitative estimate of drug-likeness (QED) is 0.729. The Kier molecular flexibility index (Phi) is 5.80. The van der Waals surface area contributed by atoms with Gasteiger partial charge in [-0.2, -0.15) is 13.2 Å². The number of benzene rings is 1. The van der Waals surface area contributed by atoms with Gasteiger partial charge in [0.1, 0.15) is 6.54 Å². The third-order valence-electron chi connectivity index (χ3n) is 2.54. The van der Waals surface area contributed by atoms with Crippen LogP contribution in [-0.4, -0.2) is 50.1 Å². The molecule has 9 heteroatoms. The van der Waals surface area contributed by atoms with Crippen molar-refractivity contribution in [1.82, 2.24) is 4.90 Å². The Labute approximate surface area is 129 Å². The number of hydrogen-bond donors (Lipinski definition) is 0. The Morgan fingerprint density at radius 1 is 1.24 bits per heavy atom. The van der Waals surface area contributed by atoms with Gasteiger partial charge in [-0.15, -0.1) is 0 Å². The zero-order chi connectivity index (χ0) is 16.3. The van der Waals surface area contributed by atoms with Crippen LogP contribution in [0.15, 0.2) is 29.2 Å². The highest BCUT2D eigenvalue weighted by Crippen LogP contribution is 2.19. The summed E-state index contributed by atoms with van der Waals surface area (Å²) >= 11 is 3.00. The van der Waals surface area contributed by atoms with Gasteiger partial charge < -0.3 is 4.90 Å². The number of nitrogens with zero attached hydrogens (tertiary/aromatic N) is 1. The number of amides is 1. The van der Waals surface area contributed by atoms with E-state index >= 15 is 0 Å². The number of hydrogen-bond acceptors (Lipinski definition) is 3. The van der Waals surface area contributed by atoms with Gasteiger partial charge in [-0.1, -0.05) is 15.9 Å². The van der Waals surface area contributed by atoms with Crippen LogP contribution >= 0.6 is 15.9 Å². The molecule has 0 radical (unpaired) electrons. The van der Waals surface area contributed by atoms with Gasteiger partial charge >= 0.3 is 6.18 Å². The Hall–Kier alpha value is -1.09. The third kappa shape index (κ3) is 5.66. The van der Waals surface area contributed by atoms with Gasteiger partial charge in [0.15, 0.2) is 9.84 Å². The molecule has 0 N–H and O–H groups in total. The van der Waals surface area contributed by atoms with Crippen molar-refractivity contribution in [3.05, 3.63) is 29.8 Å². The van der Waals surface area contributed by atoms with E-state index in [0.29, 0.717) is 4.90 Å². The van der Waals surface area contributed by atoms with Crippen molar-refractivity contribution in [2.75, 3.05) is 24.7 Å². The van der Waals surface area contributed by atoms with E-state index in [1.807, 2.05) is 0 Å². The maximum atomic E-state index is 12.4. The number of carbonyl (C=O) groups is 1. The van der Waals surface area contributed by atoms with E-state index in [9.17, 15) is 26.4 Å². The van der Waals surface area contributed by atoms with Crippen LogP contribution < -0.4 is 0 Å². The molecule has 118 valence electrons. The van der Waals surface area contributed by atoms with Gasteiger partial charge in [-0.3, -0.25) is 4.79 Å². The first-order valence-corrected chi connectivity index (χ1v) is 8.78. The summed E-state index contributed by atoms with van der Waals surface area (Å²) in [5.41, 5.74) is 0.00704. The Bertz CT molecular complexity index is 599. The topological polar surface area (TPSA) is 54.5 Å². The molecular weight excluding hydrogens is 375 g/mol. The summed E-state index contributed by atoms with van der Waals surface area (Å²) in [6.45, 7) is -1.46. The summed E-state index contributed by atoms with van der Waals surface area (Å²) < 4.78 is 59.9. The first kappa shape index (κ1) is 18.0. The van der Waals surface area contributed by atoms with E-state index < -0.39 is 28.5 Å². The van der Waals surface area contributed by atoms with Crippen LogP contribution in [-0.2, 0) is 9.84 Å². The van der Waals surface area contributed by atoms with Gasteiger partial charge in [0.25, 0.3) is 5.91 Å². The molecule has 0 unspecified atom stereocenters. The first-order chi connectivity index (χ1) is 9.54. The van der Waals surface area contributed by atoms with E-state index in [1.54, 1.807) is 0 Å². The second kappa shape index (κ2) is 6.78. The van der Waals surface area contributed by atoms with Gasteiger partial charge in [0.05, 0.1) is 4.90 Å². The number of alkyl halides is 4. The zero-order valence-electron chi connectivity index (χ0n) is 11.0. The fourth-order valence-electron chi connectivity index (χ4n) is 1.60. The van der Waals surface area contributed by atoms with Crippen molar-refractivity contribution in [2.24, 2.45) is 0 Å². The highest BCUT2D eigenvalue weighted by Gasteiger charge is 2.33. The zero-order valence-corrected chi connectivity index (χ0v) is 13.4. The van der Waals surface area contributed by atoms with Crippen molar-refractivity contribution in [3.63, 3.8) is 0 Å². The number of carbonyl (C=O) groups excluding carboxylic acids is 1. The molecule has 1 aromatic carbocycles. The molecule has 0 spiro atoms. The minimum absolute atomic E-state index is 0.00177. The minimum atomic E-state index is -4.50. The molecule has 0 fully saturated rings. The van der Waals surface area contributed by atoms with Crippen LogP contribution in [0.5, 0.6) is 0 Å². The molecule has 0 aromatic heterocycles. The normalized spacial score (nSPS) is 12.2. The van der Waals surface area contributed by atoms with Crippen molar-refractivity contribution in [3.8, 4) is 0 Å². The van der Waals surface area contributed by atoms with Crippen LogP contribution in [0.25, 0.3) is 0 Å². The average Bonchev–Trinajstić information content (AvgIpc) is 2.35. The Balaban J connectivity index is 2.99. The highest BCUT2D eigenvalue weighted by atomic mass is 79.9. The summed E-state index contributed by atoms with van der Waals surface area (Å²) in [7, 11) is -3.42. The summed E-state index contributed by atoms with van der Waals surface area (Å²) in [6, 6.07) is 4.80. The lowest BCUT2D eigenvalue weighted by Gasteiger charge is -2.23. The molecule has 4 nitrogen and oxygen atoms in total. The summed E-state index contributed by atoms with van der Waals surface area (Å²) in [4.78, 5) is 12.7. The molecule has 1 rings (SSSR count). The summed E-state index contributed by atoms with van der Waals surface area (Å²) in [6.07, 6.45) is -3.49. The van der Waals surface area contributed by atoms with Gasteiger partial charge in [-0.25, -0.2) is 8.42 Å². The predicted octanol–water partition coefficient (Wildman–Crippen LogP) is 2.49. The highest BCUT2D eigenvalue weighted by molar-refractivity contribution is 9.09. The van der Waals surface area contributed by atoms with Crippen LogP contribution in [0, 0.1) is 0 Å². The lowest BCUT2D eigenvalue weighted by Crippen LogP contribution is -2.40. The van der Waals surface area contributed by atoms with E-state index in [4.69, 9.17) is 0 Å². The fraction of sp³-hybridized carbons (Fsp3) is 0.417. The fourth-order valence-corrected chi connectivity index (χ4v) is 2.66. The van der Waals surface area contributed by atoms with Crippen molar-refractivity contribution in [1.29, 1.82) is 0 Å². The molecule has 0 heterocycles. The van der Waals surface area contributed by atoms with Crippen LogP contribution in [0.4, 0.5) is 13.2 Å². The standard InChI is InChI=1S/C12H13BrF3NO3S/c1-21(19,20)10-4-2-9(3-5-10)11(18)17(7-6-13)8-12(14,15)16/h2-5H,6-8H2,1H3. The van der Waals surface area contributed by atoms with E-state index in [0.717, 1.165) is 6.26 Å². The minimum Gasteiger partial charge on any atom is -0.329 e. The van der Waals surface area contributed by atoms with Gasteiger partial charge in [0, 0.05) is 23.7 Å². The molecule has 0 atom stereocenters.